The Labute approximate surface area is 427 Å². The van der Waals surface area contributed by atoms with Gasteiger partial charge in [-0.3, -0.25) is 38.4 Å². The molecule has 0 unspecified atom stereocenters. The van der Waals surface area contributed by atoms with Gasteiger partial charge in [0.15, 0.2) is 5.82 Å². The van der Waals surface area contributed by atoms with Gasteiger partial charge in [0.1, 0.15) is 36.1 Å². The van der Waals surface area contributed by atoms with Crippen LogP contribution < -0.4 is 21.3 Å². The number of aromatic nitrogens is 3. The summed E-state index contributed by atoms with van der Waals surface area (Å²) < 4.78 is 23.9. The Kier molecular flexibility index (Phi) is 22.1. The Morgan fingerprint density at radius 1 is 0.851 bits per heavy atom. The lowest BCUT2D eigenvalue weighted by molar-refractivity contribution is -0.197. The number of imidazole rings is 1. The minimum Gasteiger partial charge on any atom is -0.481 e. The number of fused-ring (bicyclic) bond motifs is 3. The van der Waals surface area contributed by atoms with E-state index < -0.39 is 83.4 Å². The molecule has 4 heterocycles. The molecule has 0 spiro atoms. The summed E-state index contributed by atoms with van der Waals surface area (Å²) in [5, 5.41) is 32.6. The van der Waals surface area contributed by atoms with Gasteiger partial charge in [-0.1, -0.05) is 32.0 Å². The van der Waals surface area contributed by atoms with E-state index in [4.69, 9.17) is 33.8 Å². The van der Waals surface area contributed by atoms with E-state index >= 15 is 0 Å². The van der Waals surface area contributed by atoms with Crippen LogP contribution >= 0.6 is 0 Å². The first-order valence-corrected chi connectivity index (χ1v) is 24.8. The smallest absolute Gasteiger partial charge is 0.333 e. The maximum atomic E-state index is 14.1. The van der Waals surface area contributed by atoms with Crippen LogP contribution in [-0.2, 0) is 80.1 Å². The van der Waals surface area contributed by atoms with Crippen molar-refractivity contribution in [1.82, 2.24) is 40.4 Å². The number of aliphatic hydroxyl groups is 1. The number of nitrogens with one attached hydrogen (secondary N) is 4. The molecule has 0 aliphatic carbocycles. The molecule has 3 atom stereocenters. The van der Waals surface area contributed by atoms with Gasteiger partial charge in [0.25, 0.3) is 11.8 Å². The fourth-order valence-electron chi connectivity index (χ4n) is 8.21. The van der Waals surface area contributed by atoms with Crippen molar-refractivity contribution >= 4 is 81.0 Å². The van der Waals surface area contributed by atoms with Gasteiger partial charge in [-0.05, 0) is 52.0 Å². The SMILES string of the molecule is CCOCc1nc2c(NC(=O)[C@@H](NC(=O)[C@@H]3CCCN3C(=O)[C@H](CC(=O)O)NC(=O)CCOCCOCCOCCNC(=O)CCCC(=O)ON3C(=O)CCC3=O)C(C)C)nc3ccccc3c2n1CC(C)(C)O. The number of hydrogen-bond acceptors (Lipinski definition) is 17. The molecule has 2 saturated heterocycles. The van der Waals surface area contributed by atoms with Crippen LogP contribution in [0.2, 0.25) is 0 Å². The van der Waals surface area contributed by atoms with Gasteiger partial charge < -0.3 is 64.7 Å². The zero-order valence-corrected chi connectivity index (χ0v) is 42.6. The molecule has 406 valence electrons. The number of carbonyl (C=O) groups is 9. The van der Waals surface area contributed by atoms with Crippen molar-refractivity contribution in [3.8, 4) is 0 Å². The number of aliphatic carboxylic acids is 1. The van der Waals surface area contributed by atoms with Gasteiger partial charge in [0.2, 0.25) is 29.5 Å². The number of likely N-dealkylation sites (tertiary alicyclic amines) is 1. The highest BCUT2D eigenvalue weighted by molar-refractivity contribution is 6.10. The molecule has 2 aromatic heterocycles. The average molecular weight is 1040 g/mol. The third kappa shape index (κ3) is 17.2. The minimum atomic E-state index is -1.49. The summed E-state index contributed by atoms with van der Waals surface area (Å²) in [6, 6.07) is 3.66. The number of ether oxygens (including phenoxy) is 4. The van der Waals surface area contributed by atoms with Crippen LogP contribution in [0.25, 0.3) is 21.9 Å². The number of rotatable bonds is 31. The largest absolute Gasteiger partial charge is 0.481 e. The van der Waals surface area contributed by atoms with Gasteiger partial charge in [0.05, 0.1) is 69.2 Å². The molecule has 2 aliphatic rings. The van der Waals surface area contributed by atoms with E-state index in [1.54, 1.807) is 39.8 Å². The molecular weight excluding hydrogens is 971 g/mol. The second kappa shape index (κ2) is 28.1. The Morgan fingerprint density at radius 2 is 1.53 bits per heavy atom. The molecule has 6 N–H and O–H groups in total. The Balaban J connectivity index is 1.04. The summed E-state index contributed by atoms with van der Waals surface area (Å²) in [6.07, 6.45) is -0.276. The molecule has 2 fully saturated rings. The van der Waals surface area contributed by atoms with E-state index in [0.717, 1.165) is 5.39 Å². The third-order valence-corrected chi connectivity index (χ3v) is 11.8. The predicted molar refractivity (Wildman–Crippen MR) is 262 cm³/mol. The van der Waals surface area contributed by atoms with Crippen LogP contribution in [0.1, 0.15) is 98.2 Å². The summed E-state index contributed by atoms with van der Waals surface area (Å²) >= 11 is 0. The number of carboxylic acid groups (broad SMARTS) is 1. The number of para-hydroxylation sites is 1. The predicted octanol–water partition coefficient (Wildman–Crippen LogP) is 1.26. The Bertz CT molecular complexity index is 2480. The minimum absolute atomic E-state index is 0.00793. The quantitative estimate of drug-likeness (QED) is 0.0390. The van der Waals surface area contributed by atoms with Crippen LogP contribution in [0.5, 0.6) is 0 Å². The lowest BCUT2D eigenvalue weighted by Gasteiger charge is -2.30. The number of imide groups is 1. The van der Waals surface area contributed by atoms with Crippen molar-refractivity contribution in [2.75, 3.05) is 64.7 Å². The fourth-order valence-corrected chi connectivity index (χ4v) is 8.21. The highest BCUT2D eigenvalue weighted by atomic mass is 16.7. The van der Waals surface area contributed by atoms with E-state index in [1.807, 2.05) is 23.6 Å². The number of carboxylic acids is 1. The monoisotopic (exact) mass is 1040 g/mol. The number of benzene rings is 1. The number of hydroxylamine groups is 2. The van der Waals surface area contributed by atoms with Gasteiger partial charge in [-0.15, -0.1) is 5.06 Å². The molecule has 74 heavy (non-hydrogen) atoms. The number of nitrogens with zero attached hydrogens (tertiary/aromatic N) is 5. The zero-order chi connectivity index (χ0) is 54.0. The summed E-state index contributed by atoms with van der Waals surface area (Å²) in [4.78, 5) is 129. The molecule has 5 rings (SSSR count). The van der Waals surface area contributed by atoms with Crippen molar-refractivity contribution in [1.29, 1.82) is 0 Å². The first kappa shape index (κ1) is 58.2. The number of pyridine rings is 1. The molecule has 0 bridgehead atoms. The first-order chi connectivity index (χ1) is 35.3. The number of anilines is 1. The molecule has 25 nitrogen and oxygen atoms in total. The topological polar surface area (TPSA) is 326 Å². The average Bonchev–Trinajstić information content (AvgIpc) is 4.06. The van der Waals surface area contributed by atoms with Crippen molar-refractivity contribution < 1.29 is 77.1 Å². The molecule has 0 saturated carbocycles. The first-order valence-electron chi connectivity index (χ1n) is 24.8. The maximum Gasteiger partial charge on any atom is 0.333 e. The van der Waals surface area contributed by atoms with E-state index in [0.29, 0.717) is 40.5 Å². The normalized spacial score (nSPS) is 15.7. The van der Waals surface area contributed by atoms with Crippen LogP contribution in [0, 0.1) is 5.92 Å². The molecule has 3 aromatic rings. The Hall–Kier alpha value is -6.67. The van der Waals surface area contributed by atoms with Crippen molar-refractivity contribution in [3.05, 3.63) is 30.1 Å². The van der Waals surface area contributed by atoms with E-state index in [2.05, 4.69) is 21.3 Å². The summed E-state index contributed by atoms with van der Waals surface area (Å²) in [6.45, 7) is 10.6. The van der Waals surface area contributed by atoms with Crippen LogP contribution in [-0.4, -0.2) is 171 Å². The van der Waals surface area contributed by atoms with E-state index in [-0.39, 0.29) is 123 Å². The van der Waals surface area contributed by atoms with Crippen molar-refractivity contribution in [2.45, 2.75) is 129 Å². The maximum absolute atomic E-state index is 14.1. The standard InChI is InChI=1S/C49H69N9O16/c1-6-70-28-35-53-43-44(57(35)29-49(4,5)69)31-11-7-8-12-32(31)52-45(43)55-47(67)42(30(2)3)54-46(66)34-13-10-20-56(34)48(68)33(27-40(63)64)51-37(60)18-21-71-23-25-73-26-24-72-22-19-50-36(59)14-9-15-41(65)74-58-38(61)16-17-39(58)62/h7-8,11-12,30,33-34,42,69H,6,9-10,13-29H2,1-5H3,(H,50,59)(H,51,60)(H,54,66)(H,63,64)(H,52,55,67)/t33-,34-,42-/m0/s1. The summed E-state index contributed by atoms with van der Waals surface area (Å²) in [5.41, 5.74) is 0.401. The van der Waals surface area contributed by atoms with Gasteiger partial charge >= 0.3 is 11.9 Å². The Morgan fingerprint density at radius 3 is 2.19 bits per heavy atom. The number of amides is 7. The molecule has 25 heteroatoms. The summed E-state index contributed by atoms with van der Waals surface area (Å²) in [5.74, 6) is -6.03. The van der Waals surface area contributed by atoms with Crippen molar-refractivity contribution in [3.63, 3.8) is 0 Å². The third-order valence-electron chi connectivity index (χ3n) is 11.8. The lowest BCUT2D eigenvalue weighted by Crippen LogP contribution is -2.57. The highest BCUT2D eigenvalue weighted by Gasteiger charge is 2.40. The van der Waals surface area contributed by atoms with E-state index in [1.165, 1.54) is 4.90 Å². The lowest BCUT2D eigenvalue weighted by atomic mass is 10.0. The highest BCUT2D eigenvalue weighted by Crippen LogP contribution is 2.32. The number of carbonyl (C=O) groups excluding carboxylic acids is 8. The number of hydrogen-bond donors (Lipinski definition) is 6. The van der Waals surface area contributed by atoms with E-state index in [9.17, 15) is 53.4 Å². The van der Waals surface area contributed by atoms with Crippen LogP contribution in [0.3, 0.4) is 0 Å². The van der Waals surface area contributed by atoms with Gasteiger partial charge in [-0.25, -0.2) is 14.8 Å². The van der Waals surface area contributed by atoms with Crippen LogP contribution in [0.15, 0.2) is 24.3 Å². The fraction of sp³-hybridized carbons (Fsp3) is 0.612. The molecule has 0 radical (unpaired) electrons. The molecule has 1 aromatic carbocycles. The second-order valence-electron chi connectivity index (χ2n) is 18.7. The van der Waals surface area contributed by atoms with Gasteiger partial charge in [-0.2, -0.15) is 0 Å². The van der Waals surface area contributed by atoms with Crippen molar-refractivity contribution in [2.24, 2.45) is 5.92 Å². The molecule has 7 amide bonds. The second-order valence-corrected chi connectivity index (χ2v) is 18.7. The molecule has 2 aliphatic heterocycles. The van der Waals surface area contributed by atoms with Gasteiger partial charge in [0, 0.05) is 57.2 Å². The molecular formula is C49H69N9O16. The zero-order valence-electron chi connectivity index (χ0n) is 42.6. The summed E-state index contributed by atoms with van der Waals surface area (Å²) in [7, 11) is 0. The van der Waals surface area contributed by atoms with Crippen LogP contribution in [0.4, 0.5) is 5.82 Å².